The topological polar surface area (TPSA) is 145 Å². The molecule has 5 atom stereocenters. The first kappa shape index (κ1) is 15.5. The van der Waals surface area contributed by atoms with E-state index in [2.05, 4.69) is 15.0 Å². The van der Waals surface area contributed by atoms with Crippen LogP contribution in [0.2, 0.25) is 5.15 Å². The molecule has 22 heavy (non-hydrogen) atoms. The van der Waals surface area contributed by atoms with Crippen molar-refractivity contribution in [1.29, 1.82) is 0 Å². The lowest BCUT2D eigenvalue weighted by Gasteiger charge is -2.30. The van der Waals surface area contributed by atoms with E-state index in [0.29, 0.717) is 5.52 Å². The van der Waals surface area contributed by atoms with Crippen molar-refractivity contribution in [2.24, 2.45) is 5.92 Å². The summed E-state index contributed by atoms with van der Waals surface area (Å²) in [6.45, 7) is -1.37. The highest BCUT2D eigenvalue weighted by Crippen LogP contribution is 2.44. The summed E-state index contributed by atoms with van der Waals surface area (Å²) in [5, 5.41) is 49.8. The standard InChI is InChI=1S/C12H15ClN4O5/c13-10-6-11(15-3-14-10)17(4-16-6)7-5(1-18)12(22,2-19)9(21)8(7)20/h3-5,7-9,18-22H,1-2H2/t5-,7+,8-,9+,12+/m0/s1. The molecule has 2 aromatic heterocycles. The van der Waals surface area contributed by atoms with Gasteiger partial charge in [0.25, 0.3) is 0 Å². The van der Waals surface area contributed by atoms with Crippen LogP contribution in [0.4, 0.5) is 0 Å². The van der Waals surface area contributed by atoms with Crippen LogP contribution in [0.3, 0.4) is 0 Å². The van der Waals surface area contributed by atoms with Crippen LogP contribution < -0.4 is 0 Å². The molecule has 9 nitrogen and oxygen atoms in total. The Morgan fingerprint density at radius 3 is 2.59 bits per heavy atom. The molecule has 0 spiro atoms. The Morgan fingerprint density at radius 2 is 1.95 bits per heavy atom. The van der Waals surface area contributed by atoms with Crippen molar-refractivity contribution >= 4 is 22.8 Å². The first-order chi connectivity index (χ1) is 10.5. The number of aliphatic hydroxyl groups is 5. The minimum Gasteiger partial charge on any atom is -0.396 e. The summed E-state index contributed by atoms with van der Waals surface area (Å²) in [6.07, 6.45) is -0.514. The summed E-state index contributed by atoms with van der Waals surface area (Å²) in [7, 11) is 0. The summed E-state index contributed by atoms with van der Waals surface area (Å²) in [5.41, 5.74) is -1.45. The Morgan fingerprint density at radius 1 is 1.23 bits per heavy atom. The van der Waals surface area contributed by atoms with Crippen molar-refractivity contribution in [3.05, 3.63) is 17.8 Å². The Hall–Kier alpha value is -1.36. The van der Waals surface area contributed by atoms with Gasteiger partial charge in [0.15, 0.2) is 10.8 Å². The summed E-state index contributed by atoms with van der Waals surface area (Å²) in [4.78, 5) is 11.9. The number of imidazole rings is 1. The van der Waals surface area contributed by atoms with Crippen molar-refractivity contribution in [1.82, 2.24) is 19.5 Å². The average molecular weight is 331 g/mol. The molecule has 0 amide bonds. The molecule has 10 heteroatoms. The summed E-state index contributed by atoms with van der Waals surface area (Å²) in [5.74, 6) is -1.02. The molecule has 0 saturated heterocycles. The molecule has 1 fully saturated rings. The Balaban J connectivity index is 2.15. The summed E-state index contributed by atoms with van der Waals surface area (Å²) >= 11 is 5.92. The lowest BCUT2D eigenvalue weighted by atomic mass is 9.89. The van der Waals surface area contributed by atoms with Crippen LogP contribution in [0.15, 0.2) is 12.7 Å². The third-order valence-electron chi connectivity index (χ3n) is 4.33. The number of aromatic nitrogens is 4. The van der Waals surface area contributed by atoms with Gasteiger partial charge in [-0.2, -0.15) is 0 Å². The molecular weight excluding hydrogens is 316 g/mol. The first-order valence-electron chi connectivity index (χ1n) is 6.59. The molecule has 2 heterocycles. The SMILES string of the molecule is OC[C@H]1[C@@H](n2cnc3c(Cl)ncnc32)[C@H](O)[C@@H](O)[C@@]1(O)CO. The number of halogens is 1. The largest absolute Gasteiger partial charge is 0.396 e. The van der Waals surface area contributed by atoms with Gasteiger partial charge in [0, 0.05) is 5.92 Å². The van der Waals surface area contributed by atoms with Crippen molar-refractivity contribution in [3.8, 4) is 0 Å². The third-order valence-corrected chi connectivity index (χ3v) is 4.60. The van der Waals surface area contributed by atoms with Gasteiger partial charge in [0.05, 0.1) is 25.6 Å². The Kier molecular flexibility index (Phi) is 3.79. The third kappa shape index (κ3) is 1.94. The second-order valence-corrected chi connectivity index (χ2v) is 5.71. The Bertz CT molecular complexity index is 697. The first-order valence-corrected chi connectivity index (χ1v) is 6.96. The second-order valence-electron chi connectivity index (χ2n) is 5.35. The van der Waals surface area contributed by atoms with Gasteiger partial charge in [-0.25, -0.2) is 15.0 Å². The fraction of sp³-hybridized carbons (Fsp3) is 0.583. The maximum absolute atomic E-state index is 10.4. The van der Waals surface area contributed by atoms with E-state index in [4.69, 9.17) is 11.6 Å². The highest BCUT2D eigenvalue weighted by molar-refractivity contribution is 6.33. The molecule has 0 aliphatic heterocycles. The fourth-order valence-corrected chi connectivity index (χ4v) is 3.29. The number of nitrogens with zero attached hydrogens (tertiary/aromatic N) is 4. The van der Waals surface area contributed by atoms with Crippen LogP contribution in [0.1, 0.15) is 6.04 Å². The maximum Gasteiger partial charge on any atom is 0.165 e. The zero-order valence-electron chi connectivity index (χ0n) is 11.3. The maximum atomic E-state index is 10.4. The zero-order valence-corrected chi connectivity index (χ0v) is 12.0. The van der Waals surface area contributed by atoms with Gasteiger partial charge in [0.2, 0.25) is 0 Å². The highest BCUT2D eigenvalue weighted by Gasteiger charge is 2.59. The minimum absolute atomic E-state index is 0.120. The smallest absolute Gasteiger partial charge is 0.165 e. The van der Waals surface area contributed by atoms with Crippen molar-refractivity contribution in [3.63, 3.8) is 0 Å². The van der Waals surface area contributed by atoms with Gasteiger partial charge in [0.1, 0.15) is 29.7 Å². The van der Waals surface area contributed by atoms with Gasteiger partial charge in [-0.15, -0.1) is 0 Å². The summed E-state index contributed by atoms with van der Waals surface area (Å²) in [6, 6.07) is -0.937. The van der Waals surface area contributed by atoms with Crippen molar-refractivity contribution in [2.75, 3.05) is 13.2 Å². The highest BCUT2D eigenvalue weighted by atomic mass is 35.5. The normalized spacial score (nSPS) is 35.4. The molecule has 2 aromatic rings. The van der Waals surface area contributed by atoms with Crippen LogP contribution in [0.5, 0.6) is 0 Å². The average Bonchev–Trinajstić information content (AvgIpc) is 3.02. The number of fused-ring (bicyclic) bond motifs is 1. The van der Waals surface area contributed by atoms with E-state index < -0.39 is 43.0 Å². The van der Waals surface area contributed by atoms with E-state index in [9.17, 15) is 25.5 Å². The van der Waals surface area contributed by atoms with Crippen LogP contribution in [0.25, 0.3) is 11.2 Å². The minimum atomic E-state index is -2.04. The lowest BCUT2D eigenvalue weighted by molar-refractivity contribution is -0.134. The van der Waals surface area contributed by atoms with Gasteiger partial charge >= 0.3 is 0 Å². The molecule has 0 bridgehead atoms. The molecular formula is C12H15ClN4O5. The van der Waals surface area contributed by atoms with Gasteiger partial charge in [-0.1, -0.05) is 11.6 Å². The predicted molar refractivity (Wildman–Crippen MR) is 74.0 cm³/mol. The Labute approximate surface area is 129 Å². The number of hydrogen-bond acceptors (Lipinski definition) is 8. The van der Waals surface area contributed by atoms with E-state index in [1.165, 1.54) is 17.2 Å². The predicted octanol–water partition coefficient (Wildman–Crippen LogP) is -1.91. The molecule has 1 aliphatic rings. The lowest BCUT2D eigenvalue weighted by Crippen LogP contribution is -2.50. The monoisotopic (exact) mass is 330 g/mol. The van der Waals surface area contributed by atoms with E-state index in [1.807, 2.05) is 0 Å². The molecule has 0 aromatic carbocycles. The number of aliphatic hydroxyl groups excluding tert-OH is 4. The van der Waals surface area contributed by atoms with Crippen molar-refractivity contribution < 1.29 is 25.5 Å². The van der Waals surface area contributed by atoms with Crippen molar-refractivity contribution in [2.45, 2.75) is 23.9 Å². The molecule has 5 N–H and O–H groups in total. The second kappa shape index (κ2) is 5.37. The van der Waals surface area contributed by atoms with Gasteiger partial charge < -0.3 is 30.1 Å². The van der Waals surface area contributed by atoms with E-state index >= 15 is 0 Å². The molecule has 120 valence electrons. The van der Waals surface area contributed by atoms with Crippen LogP contribution in [0, 0.1) is 5.92 Å². The molecule has 1 aliphatic carbocycles. The number of rotatable bonds is 3. The van der Waals surface area contributed by atoms with Crippen LogP contribution in [-0.2, 0) is 0 Å². The quantitative estimate of drug-likeness (QED) is 0.410. The van der Waals surface area contributed by atoms with E-state index in [1.54, 1.807) is 0 Å². The van der Waals surface area contributed by atoms with E-state index in [0.717, 1.165) is 0 Å². The van der Waals surface area contributed by atoms with Crippen LogP contribution in [-0.4, -0.2) is 76.1 Å². The molecule has 1 saturated carbocycles. The zero-order chi connectivity index (χ0) is 16.1. The van der Waals surface area contributed by atoms with Crippen LogP contribution >= 0.6 is 11.6 Å². The molecule has 0 radical (unpaired) electrons. The van der Waals surface area contributed by atoms with Gasteiger partial charge in [-0.05, 0) is 0 Å². The summed E-state index contributed by atoms with van der Waals surface area (Å²) < 4.78 is 1.41. The molecule has 3 rings (SSSR count). The fourth-order valence-electron chi connectivity index (χ4n) is 3.11. The van der Waals surface area contributed by atoms with E-state index in [-0.39, 0.29) is 10.8 Å². The molecule has 0 unspecified atom stereocenters. The van der Waals surface area contributed by atoms with Gasteiger partial charge in [-0.3, -0.25) is 0 Å². The number of hydrogen-bond donors (Lipinski definition) is 5.